The minimum Gasteiger partial charge on any atom is -0.456 e. The molecule has 0 atom stereocenters. The van der Waals surface area contributed by atoms with Crippen LogP contribution in [-0.2, 0) is 0 Å². The van der Waals surface area contributed by atoms with Gasteiger partial charge < -0.3 is 8.98 Å². The molecule has 382 valence electrons. The molecule has 0 bridgehead atoms. The van der Waals surface area contributed by atoms with Crippen LogP contribution in [0.2, 0.25) is 0 Å². The average Bonchev–Trinajstić information content (AvgIpc) is 2.53. The summed E-state index contributed by atoms with van der Waals surface area (Å²) in [6, 6.07) is 96.5. The van der Waals surface area contributed by atoms with E-state index in [4.69, 9.17) is 24.4 Å². The van der Waals surface area contributed by atoms with Gasteiger partial charge in [0.1, 0.15) is 17.0 Å². The number of para-hydroxylation sites is 7. The van der Waals surface area contributed by atoms with Crippen LogP contribution in [0.15, 0.2) is 277 Å². The third-order valence-electron chi connectivity index (χ3n) is 16.3. The van der Waals surface area contributed by atoms with E-state index < -0.39 is 0 Å². The molecule has 0 radical (unpaired) electrons. The molecule has 0 aliphatic heterocycles. The van der Waals surface area contributed by atoms with Gasteiger partial charge in [0.25, 0.3) is 0 Å². The van der Waals surface area contributed by atoms with Gasteiger partial charge in [-0.3, -0.25) is 9.13 Å². The van der Waals surface area contributed by atoms with E-state index in [0.29, 0.717) is 17.5 Å². The van der Waals surface area contributed by atoms with Crippen LogP contribution in [0.5, 0.6) is 0 Å². The van der Waals surface area contributed by atoms with Gasteiger partial charge in [-0.15, -0.1) is 0 Å². The molecule has 0 saturated carbocycles. The predicted molar refractivity (Wildman–Crippen MR) is 335 cm³/mol. The lowest BCUT2D eigenvalue weighted by atomic mass is 9.91. The Kier molecular flexibility index (Phi) is 10.1. The molecule has 8 nitrogen and oxygen atoms in total. The Balaban J connectivity index is 1.07. The van der Waals surface area contributed by atoms with Crippen molar-refractivity contribution in [3.63, 3.8) is 0 Å². The summed E-state index contributed by atoms with van der Waals surface area (Å²) in [7, 11) is 0. The molecular formula is C74H45N7O. The van der Waals surface area contributed by atoms with E-state index in [1.165, 1.54) is 0 Å². The first-order valence-electron chi connectivity index (χ1n) is 27.6. The number of hydrogen-bond donors (Lipinski definition) is 0. The van der Waals surface area contributed by atoms with Crippen LogP contribution >= 0.6 is 0 Å². The number of pyridine rings is 1. The molecule has 82 heavy (non-hydrogen) atoms. The van der Waals surface area contributed by atoms with Crippen LogP contribution in [0, 0.1) is 0 Å². The summed E-state index contributed by atoms with van der Waals surface area (Å²) in [6.07, 6.45) is 0. The first kappa shape index (κ1) is 45.8. The number of rotatable bonds is 8. The number of fused-ring (bicyclic) bond motifs is 12. The van der Waals surface area contributed by atoms with Gasteiger partial charge in [-0.2, -0.15) is 0 Å². The Bertz CT molecular complexity index is 5180. The molecule has 0 unspecified atom stereocenters. The van der Waals surface area contributed by atoms with E-state index in [1.54, 1.807) is 0 Å². The highest BCUT2D eigenvalue weighted by molar-refractivity contribution is 6.15. The number of nitrogens with zero attached hydrogens (tertiary/aromatic N) is 7. The van der Waals surface area contributed by atoms with E-state index in [9.17, 15) is 0 Å². The van der Waals surface area contributed by atoms with Crippen LogP contribution in [0.4, 0.5) is 0 Å². The van der Waals surface area contributed by atoms with Crippen molar-refractivity contribution < 1.29 is 4.42 Å². The third-order valence-corrected chi connectivity index (χ3v) is 16.3. The van der Waals surface area contributed by atoms with Crippen molar-refractivity contribution in [2.24, 2.45) is 0 Å². The van der Waals surface area contributed by atoms with Crippen LogP contribution in [0.3, 0.4) is 0 Å². The fourth-order valence-electron chi connectivity index (χ4n) is 12.7. The van der Waals surface area contributed by atoms with Crippen LogP contribution in [0.25, 0.3) is 161 Å². The number of furan rings is 1. The molecule has 0 N–H and O–H groups in total. The second-order valence-corrected chi connectivity index (χ2v) is 20.9. The highest BCUT2D eigenvalue weighted by Gasteiger charge is 2.31. The average molecular weight is 1050 g/mol. The summed E-state index contributed by atoms with van der Waals surface area (Å²) in [5, 5.41) is 8.91. The first-order chi connectivity index (χ1) is 40.7. The molecule has 0 fully saturated rings. The molecular weight excluding hydrogens is 1000 g/mol. The molecule has 0 aliphatic rings. The fraction of sp³-hybridized carbons (Fsp3) is 0. The fourth-order valence-corrected chi connectivity index (χ4v) is 12.7. The number of benzene rings is 11. The summed E-state index contributed by atoms with van der Waals surface area (Å²) < 4.78 is 13.8. The normalized spacial score (nSPS) is 11.9. The first-order valence-corrected chi connectivity index (χ1v) is 27.6. The molecule has 0 spiro atoms. The zero-order chi connectivity index (χ0) is 53.8. The minimum atomic E-state index is 0.575. The Morgan fingerprint density at radius 2 is 0.573 bits per heavy atom. The Morgan fingerprint density at radius 3 is 1.04 bits per heavy atom. The van der Waals surface area contributed by atoms with Gasteiger partial charge in [0.2, 0.25) is 0 Å². The van der Waals surface area contributed by atoms with Crippen molar-refractivity contribution in [2.75, 3.05) is 0 Å². The maximum atomic E-state index is 6.59. The minimum absolute atomic E-state index is 0.575. The van der Waals surface area contributed by atoms with E-state index in [2.05, 4.69) is 214 Å². The zero-order valence-corrected chi connectivity index (χ0v) is 44.0. The molecule has 8 heteroatoms. The van der Waals surface area contributed by atoms with Gasteiger partial charge in [-0.25, -0.2) is 19.9 Å². The van der Waals surface area contributed by atoms with Crippen molar-refractivity contribution >= 4 is 87.4 Å². The lowest BCUT2D eigenvalue weighted by molar-refractivity contribution is 0.669. The quantitative estimate of drug-likeness (QED) is 0.151. The predicted octanol–water partition coefficient (Wildman–Crippen LogP) is 18.8. The van der Waals surface area contributed by atoms with Gasteiger partial charge >= 0.3 is 0 Å². The van der Waals surface area contributed by atoms with Gasteiger partial charge in [0, 0.05) is 70.9 Å². The molecule has 6 heterocycles. The van der Waals surface area contributed by atoms with Crippen molar-refractivity contribution in [3.8, 4) is 73.7 Å². The Morgan fingerprint density at radius 1 is 0.232 bits per heavy atom. The Labute approximate surface area is 469 Å². The highest BCUT2D eigenvalue weighted by Crippen LogP contribution is 2.50. The van der Waals surface area contributed by atoms with Crippen molar-refractivity contribution in [2.45, 2.75) is 0 Å². The van der Waals surface area contributed by atoms with Gasteiger partial charge in [0.15, 0.2) is 23.3 Å². The smallest absolute Gasteiger partial charge is 0.165 e. The molecule has 0 aliphatic carbocycles. The molecule has 0 saturated heterocycles. The van der Waals surface area contributed by atoms with E-state index in [-0.39, 0.29) is 0 Å². The number of hydrogen-bond acceptors (Lipinski definition) is 5. The molecule has 17 aromatic rings. The summed E-state index contributed by atoms with van der Waals surface area (Å²) in [5.41, 5.74) is 15.4. The third kappa shape index (κ3) is 6.98. The summed E-state index contributed by atoms with van der Waals surface area (Å²) in [5.74, 6) is 3.34. The summed E-state index contributed by atoms with van der Waals surface area (Å²) in [4.78, 5) is 21.8. The standard InChI is InChI=1S/C74H45N7O/c1-3-21-47(22-4-1)70-75-71(48-23-5-2-6-24-48)77-72(76-70)49-41-39-46(40-42-49)67-68(50-43-44-66-58(45-50)57-31-13-20-38-65(57)82-66)73(80-61-34-16-9-27-53(61)54-28-10-17-35-62(54)80)78-74(81-63-36-18-11-29-55(63)56-30-12-19-37-64(56)81)69(67)79-59-32-14-7-25-51(59)52-26-8-15-33-60(52)79/h1-45H. The van der Waals surface area contributed by atoms with Crippen molar-refractivity contribution in [1.82, 2.24) is 33.6 Å². The van der Waals surface area contributed by atoms with Crippen LogP contribution in [-0.4, -0.2) is 33.6 Å². The summed E-state index contributed by atoms with van der Waals surface area (Å²) >= 11 is 0. The highest BCUT2D eigenvalue weighted by atomic mass is 16.3. The zero-order valence-electron chi connectivity index (χ0n) is 44.0. The van der Waals surface area contributed by atoms with Gasteiger partial charge in [-0.1, -0.05) is 218 Å². The monoisotopic (exact) mass is 1050 g/mol. The SMILES string of the molecule is c1ccc(-c2nc(-c3ccccc3)nc(-c3ccc(-c4c(-c5ccc6oc7ccccc7c6c5)c(-n5c6ccccc6c6ccccc65)nc(-n5c6ccccc6c6ccccc65)c4-n4c5ccccc5c5ccccc54)cc3)n2)cc1. The summed E-state index contributed by atoms with van der Waals surface area (Å²) in [6.45, 7) is 0. The van der Waals surface area contributed by atoms with Crippen LogP contribution < -0.4 is 0 Å². The lowest BCUT2D eigenvalue weighted by Crippen LogP contribution is -2.13. The topological polar surface area (TPSA) is 79.5 Å². The molecule has 11 aromatic carbocycles. The molecule has 17 rings (SSSR count). The maximum absolute atomic E-state index is 6.59. The Hall–Kier alpha value is -11.2. The number of aromatic nitrogens is 7. The lowest BCUT2D eigenvalue weighted by Gasteiger charge is -2.26. The van der Waals surface area contributed by atoms with Crippen molar-refractivity contribution in [3.05, 3.63) is 273 Å². The molecule has 0 amide bonds. The van der Waals surface area contributed by atoms with E-state index in [0.717, 1.165) is 144 Å². The second kappa shape index (κ2) is 18.2. The molecule has 6 aromatic heterocycles. The largest absolute Gasteiger partial charge is 0.456 e. The maximum Gasteiger partial charge on any atom is 0.165 e. The van der Waals surface area contributed by atoms with Crippen LogP contribution in [0.1, 0.15) is 0 Å². The van der Waals surface area contributed by atoms with Gasteiger partial charge in [-0.05, 0) is 65.7 Å². The van der Waals surface area contributed by atoms with E-state index >= 15 is 0 Å². The second-order valence-electron chi connectivity index (χ2n) is 20.9. The van der Waals surface area contributed by atoms with E-state index in [1.807, 2.05) is 72.8 Å². The van der Waals surface area contributed by atoms with Gasteiger partial charge in [0.05, 0.1) is 38.8 Å². The van der Waals surface area contributed by atoms with Crippen molar-refractivity contribution in [1.29, 1.82) is 0 Å².